The molecule has 1 unspecified atom stereocenters. The van der Waals surface area contributed by atoms with Gasteiger partial charge in [0.25, 0.3) is 0 Å². The molecule has 114 valence electrons. The van der Waals surface area contributed by atoms with Gasteiger partial charge in [0, 0.05) is 13.7 Å². The first-order chi connectivity index (χ1) is 9.10. The largest absolute Gasteiger partial charge is 0.468 e. The van der Waals surface area contributed by atoms with E-state index in [1.165, 1.54) is 7.11 Å². The topological polar surface area (TPSA) is 56.8 Å². The van der Waals surface area contributed by atoms with E-state index in [1.807, 2.05) is 6.92 Å². The van der Waals surface area contributed by atoms with E-state index in [-0.39, 0.29) is 5.97 Å². The summed E-state index contributed by atoms with van der Waals surface area (Å²) < 4.78 is 15.2. The number of carbonyl (C=O) groups excluding carboxylic acids is 1. The minimum absolute atomic E-state index is 0.193. The molecule has 0 aromatic heterocycles. The van der Waals surface area contributed by atoms with Crippen molar-refractivity contribution < 1.29 is 19.0 Å². The smallest absolute Gasteiger partial charge is 0.325 e. The summed E-state index contributed by atoms with van der Waals surface area (Å²) in [6.07, 6.45) is 3.61. The van der Waals surface area contributed by atoms with Gasteiger partial charge in [-0.05, 0) is 39.2 Å². The van der Waals surface area contributed by atoms with Gasteiger partial charge in [-0.15, -0.1) is 0 Å². The minimum Gasteiger partial charge on any atom is -0.468 e. The van der Waals surface area contributed by atoms with Gasteiger partial charge >= 0.3 is 5.97 Å². The van der Waals surface area contributed by atoms with Crippen LogP contribution in [-0.4, -0.2) is 52.1 Å². The number of unbranched alkanes of at least 4 members (excludes halogenated alkanes) is 1. The van der Waals surface area contributed by atoms with Gasteiger partial charge in [0.1, 0.15) is 5.54 Å². The highest BCUT2D eigenvalue weighted by Crippen LogP contribution is 2.16. The molecule has 0 aromatic rings. The average Bonchev–Trinajstić information content (AvgIpc) is 2.43. The highest BCUT2D eigenvalue weighted by Gasteiger charge is 2.32. The van der Waals surface area contributed by atoms with Crippen molar-refractivity contribution in [2.24, 2.45) is 0 Å². The SMILES string of the molecule is CCCNC(C)(CCCCOCCOC)C(=O)OC. The molecule has 0 saturated carbocycles. The van der Waals surface area contributed by atoms with Gasteiger partial charge in [-0.1, -0.05) is 6.92 Å². The van der Waals surface area contributed by atoms with Crippen LogP contribution in [0.5, 0.6) is 0 Å². The van der Waals surface area contributed by atoms with E-state index < -0.39 is 5.54 Å². The van der Waals surface area contributed by atoms with Crippen LogP contribution in [0.4, 0.5) is 0 Å². The van der Waals surface area contributed by atoms with Gasteiger partial charge in [0.15, 0.2) is 0 Å². The molecular formula is C14H29NO4. The lowest BCUT2D eigenvalue weighted by Crippen LogP contribution is -2.50. The third-order valence-electron chi connectivity index (χ3n) is 3.05. The Morgan fingerprint density at radius 1 is 1.16 bits per heavy atom. The molecule has 5 heteroatoms. The number of hydrogen-bond donors (Lipinski definition) is 1. The van der Waals surface area contributed by atoms with Crippen LogP contribution in [0.25, 0.3) is 0 Å². The third-order valence-corrected chi connectivity index (χ3v) is 3.05. The second-order valence-corrected chi connectivity index (χ2v) is 4.81. The van der Waals surface area contributed by atoms with Crippen molar-refractivity contribution in [2.75, 3.05) is 40.6 Å². The van der Waals surface area contributed by atoms with E-state index in [0.717, 1.165) is 32.2 Å². The van der Waals surface area contributed by atoms with E-state index in [0.29, 0.717) is 19.8 Å². The summed E-state index contributed by atoms with van der Waals surface area (Å²) in [4.78, 5) is 11.8. The molecule has 0 bridgehead atoms. The van der Waals surface area contributed by atoms with Gasteiger partial charge in [-0.25, -0.2) is 0 Å². The summed E-state index contributed by atoms with van der Waals surface area (Å²) in [7, 11) is 3.09. The fraction of sp³-hybridized carbons (Fsp3) is 0.929. The molecule has 1 atom stereocenters. The molecule has 0 aliphatic rings. The van der Waals surface area contributed by atoms with E-state index in [2.05, 4.69) is 12.2 Å². The Hall–Kier alpha value is -0.650. The van der Waals surface area contributed by atoms with Crippen LogP contribution in [0.2, 0.25) is 0 Å². The fourth-order valence-electron chi connectivity index (χ4n) is 1.82. The maximum Gasteiger partial charge on any atom is 0.325 e. The molecular weight excluding hydrogens is 246 g/mol. The first-order valence-corrected chi connectivity index (χ1v) is 7.00. The van der Waals surface area contributed by atoms with Gasteiger partial charge in [0.05, 0.1) is 20.3 Å². The second-order valence-electron chi connectivity index (χ2n) is 4.81. The Balaban J connectivity index is 3.89. The van der Waals surface area contributed by atoms with Crippen molar-refractivity contribution >= 4 is 5.97 Å². The number of ether oxygens (including phenoxy) is 3. The summed E-state index contributed by atoms with van der Waals surface area (Å²) in [5, 5.41) is 3.27. The number of methoxy groups -OCH3 is 2. The maximum absolute atomic E-state index is 11.8. The molecule has 0 aliphatic heterocycles. The molecule has 0 fully saturated rings. The van der Waals surface area contributed by atoms with Crippen molar-refractivity contribution in [3.05, 3.63) is 0 Å². The van der Waals surface area contributed by atoms with Gasteiger partial charge in [-0.3, -0.25) is 4.79 Å². The predicted molar refractivity (Wildman–Crippen MR) is 75.3 cm³/mol. The first kappa shape index (κ1) is 18.4. The van der Waals surface area contributed by atoms with Crippen molar-refractivity contribution in [3.8, 4) is 0 Å². The van der Waals surface area contributed by atoms with Crippen molar-refractivity contribution in [3.63, 3.8) is 0 Å². The molecule has 5 nitrogen and oxygen atoms in total. The highest BCUT2D eigenvalue weighted by atomic mass is 16.5. The Morgan fingerprint density at radius 2 is 1.89 bits per heavy atom. The monoisotopic (exact) mass is 275 g/mol. The molecule has 0 saturated heterocycles. The lowest BCUT2D eigenvalue weighted by Gasteiger charge is -2.28. The Kier molecular flexibility index (Phi) is 10.8. The average molecular weight is 275 g/mol. The Bertz CT molecular complexity index is 235. The zero-order chi connectivity index (χ0) is 14.6. The highest BCUT2D eigenvalue weighted by molar-refractivity contribution is 5.80. The molecule has 0 aromatic carbocycles. The van der Waals surface area contributed by atoms with E-state index in [1.54, 1.807) is 7.11 Å². The molecule has 0 aliphatic carbocycles. The molecule has 0 amide bonds. The van der Waals surface area contributed by atoms with Crippen molar-refractivity contribution in [1.82, 2.24) is 5.32 Å². The summed E-state index contributed by atoms with van der Waals surface area (Å²) in [5.74, 6) is -0.193. The summed E-state index contributed by atoms with van der Waals surface area (Å²) >= 11 is 0. The fourth-order valence-corrected chi connectivity index (χ4v) is 1.82. The normalized spacial score (nSPS) is 14.1. The molecule has 0 radical (unpaired) electrons. The van der Waals surface area contributed by atoms with Crippen LogP contribution in [0.1, 0.15) is 39.5 Å². The minimum atomic E-state index is -0.586. The zero-order valence-corrected chi connectivity index (χ0v) is 12.8. The predicted octanol–water partition coefficient (Wildman–Crippen LogP) is 1.75. The molecule has 0 heterocycles. The summed E-state index contributed by atoms with van der Waals surface area (Å²) in [5.41, 5.74) is -0.586. The third kappa shape index (κ3) is 8.18. The lowest BCUT2D eigenvalue weighted by molar-refractivity contribution is -0.148. The van der Waals surface area contributed by atoms with Crippen LogP contribution in [0, 0.1) is 0 Å². The lowest BCUT2D eigenvalue weighted by atomic mass is 9.94. The maximum atomic E-state index is 11.8. The Morgan fingerprint density at radius 3 is 2.47 bits per heavy atom. The van der Waals surface area contributed by atoms with Crippen LogP contribution in [0.3, 0.4) is 0 Å². The van der Waals surface area contributed by atoms with Crippen molar-refractivity contribution in [2.45, 2.75) is 45.1 Å². The number of nitrogens with one attached hydrogen (secondary N) is 1. The standard InChI is InChI=1S/C14H29NO4/c1-5-9-15-14(2,13(16)18-4)8-6-7-10-19-12-11-17-3/h15H,5-12H2,1-4H3. The summed E-state index contributed by atoms with van der Waals surface area (Å²) in [6, 6.07) is 0. The van der Waals surface area contributed by atoms with Crippen molar-refractivity contribution in [1.29, 1.82) is 0 Å². The Labute approximate surface area is 117 Å². The van der Waals surface area contributed by atoms with E-state index >= 15 is 0 Å². The van der Waals surface area contributed by atoms with E-state index in [9.17, 15) is 4.79 Å². The first-order valence-electron chi connectivity index (χ1n) is 7.00. The molecule has 1 N–H and O–H groups in total. The number of carbonyl (C=O) groups is 1. The van der Waals surface area contributed by atoms with E-state index in [4.69, 9.17) is 14.2 Å². The molecule has 0 spiro atoms. The molecule has 19 heavy (non-hydrogen) atoms. The van der Waals surface area contributed by atoms with Crippen LogP contribution in [0.15, 0.2) is 0 Å². The van der Waals surface area contributed by atoms with Crippen LogP contribution >= 0.6 is 0 Å². The second kappa shape index (κ2) is 11.2. The van der Waals surface area contributed by atoms with Gasteiger partial charge in [-0.2, -0.15) is 0 Å². The summed E-state index contributed by atoms with van der Waals surface area (Å²) in [6.45, 7) is 6.75. The van der Waals surface area contributed by atoms with Gasteiger partial charge < -0.3 is 19.5 Å². The van der Waals surface area contributed by atoms with Gasteiger partial charge in [0.2, 0.25) is 0 Å². The van der Waals surface area contributed by atoms with Crippen LogP contribution in [-0.2, 0) is 19.0 Å². The zero-order valence-electron chi connectivity index (χ0n) is 12.8. The number of esters is 1. The quantitative estimate of drug-likeness (QED) is 0.434. The number of hydrogen-bond acceptors (Lipinski definition) is 5. The molecule has 0 rings (SSSR count). The van der Waals surface area contributed by atoms with Crippen LogP contribution < -0.4 is 5.32 Å². The number of rotatable bonds is 12.